The summed E-state index contributed by atoms with van der Waals surface area (Å²) in [5.74, 6) is -2.61. The number of ether oxygens (including phenoxy) is 1. The van der Waals surface area contributed by atoms with Crippen molar-refractivity contribution >= 4 is 109 Å². The van der Waals surface area contributed by atoms with E-state index in [9.17, 15) is 29.3 Å². The van der Waals surface area contributed by atoms with Crippen molar-refractivity contribution in [1.82, 2.24) is 0 Å². The van der Waals surface area contributed by atoms with Gasteiger partial charge in [-0.2, -0.15) is 10.2 Å². The number of amides is 2. The summed E-state index contributed by atoms with van der Waals surface area (Å²) >= 11 is 12.5. The number of non-ortho nitro benzene ring substituents is 1. The van der Waals surface area contributed by atoms with Gasteiger partial charge in [-0.3, -0.25) is 40.1 Å². The summed E-state index contributed by atoms with van der Waals surface area (Å²) in [6.07, 6.45) is 2.97. The number of hydrogen-bond donors (Lipinski definition) is 4. The van der Waals surface area contributed by atoms with Gasteiger partial charge in [0.05, 0.1) is 50.7 Å². The lowest BCUT2D eigenvalue weighted by Crippen LogP contribution is -2.30. The second-order valence-electron chi connectivity index (χ2n) is 13.5. The Bertz CT molecular complexity index is 3010. The van der Waals surface area contributed by atoms with Crippen LogP contribution in [0.3, 0.4) is 0 Å². The number of nitrogens with one attached hydrogen (secondary N) is 4. The number of methoxy groups -OCH3 is 1. The monoisotopic (exact) mass is 849 g/mol. The number of hydrazone groups is 2. The number of carbonyl (C=O) groups is 4. The lowest BCUT2D eigenvalue weighted by Gasteiger charge is -2.19. The van der Waals surface area contributed by atoms with Gasteiger partial charge in [0.15, 0.2) is 5.75 Å². The van der Waals surface area contributed by atoms with Crippen LogP contribution in [-0.4, -0.2) is 46.8 Å². The molecule has 0 bridgehead atoms. The van der Waals surface area contributed by atoms with Crippen LogP contribution in [0.1, 0.15) is 22.3 Å². The highest BCUT2D eigenvalue weighted by Crippen LogP contribution is 2.34. The fourth-order valence-corrected chi connectivity index (χ4v) is 7.14. The molecule has 14 nitrogen and oxygen atoms in total. The number of rotatable bonds is 10. The quantitative estimate of drug-likeness (QED) is 0.0592. The molecule has 2 aliphatic rings. The number of Topliss-reactive ketones (excluding diaryl/α,β-unsaturated/α-hetero) is 2. The van der Waals surface area contributed by atoms with Crippen molar-refractivity contribution in [1.29, 1.82) is 0 Å². The third-order valence-corrected chi connectivity index (χ3v) is 10.6. The maximum Gasteiger partial charge on any atom is 0.273 e. The molecule has 16 heteroatoms. The summed E-state index contributed by atoms with van der Waals surface area (Å²) in [6.45, 7) is 0. The molecule has 0 saturated carbocycles. The zero-order chi connectivity index (χ0) is 42.8. The van der Waals surface area contributed by atoms with Crippen molar-refractivity contribution in [3.63, 3.8) is 0 Å². The summed E-state index contributed by atoms with van der Waals surface area (Å²) in [4.78, 5) is 66.5. The molecule has 0 saturated heterocycles. The van der Waals surface area contributed by atoms with Gasteiger partial charge < -0.3 is 15.4 Å². The molecule has 2 amide bonds. The number of nitro groups is 1. The molecule has 0 aromatic heterocycles. The van der Waals surface area contributed by atoms with Gasteiger partial charge in [-0.05, 0) is 53.6 Å². The Morgan fingerprint density at radius 1 is 0.623 bits per heavy atom. The Kier molecular flexibility index (Phi) is 10.9. The minimum absolute atomic E-state index is 0.00791. The number of halogens is 2. The van der Waals surface area contributed by atoms with E-state index in [1.54, 1.807) is 103 Å². The van der Waals surface area contributed by atoms with Gasteiger partial charge in [-0.15, -0.1) is 0 Å². The molecule has 61 heavy (non-hydrogen) atoms. The van der Waals surface area contributed by atoms with Gasteiger partial charge in [-0.1, -0.05) is 102 Å². The number of benzene rings is 6. The Morgan fingerprint density at radius 3 is 1.64 bits per heavy atom. The maximum absolute atomic E-state index is 14.0. The van der Waals surface area contributed by atoms with Crippen LogP contribution >= 0.6 is 23.2 Å². The highest BCUT2D eigenvalue weighted by molar-refractivity contribution is 6.60. The van der Waals surface area contributed by atoms with Crippen LogP contribution in [0.25, 0.3) is 22.9 Å². The average molecular weight is 851 g/mol. The van der Waals surface area contributed by atoms with Gasteiger partial charge in [0.25, 0.3) is 17.5 Å². The Labute approximate surface area is 356 Å². The first-order chi connectivity index (χ1) is 29.5. The number of fused-ring (bicyclic) bond motifs is 3. The third kappa shape index (κ3) is 7.83. The van der Waals surface area contributed by atoms with E-state index in [2.05, 4.69) is 31.7 Å². The van der Waals surface area contributed by atoms with E-state index in [1.807, 2.05) is 0 Å². The molecule has 0 unspecified atom stereocenters. The van der Waals surface area contributed by atoms with Crippen molar-refractivity contribution in [2.45, 2.75) is 0 Å². The van der Waals surface area contributed by atoms with Crippen molar-refractivity contribution < 1.29 is 28.8 Å². The van der Waals surface area contributed by atoms with Gasteiger partial charge in [-0.25, -0.2) is 0 Å². The summed E-state index contributed by atoms with van der Waals surface area (Å²) in [7, 11) is 1.34. The summed E-state index contributed by atoms with van der Waals surface area (Å²) < 4.78 is 5.29. The maximum atomic E-state index is 14.0. The smallest absolute Gasteiger partial charge is 0.273 e. The van der Waals surface area contributed by atoms with E-state index in [0.29, 0.717) is 55.1 Å². The zero-order valence-electron chi connectivity index (χ0n) is 31.7. The van der Waals surface area contributed by atoms with Gasteiger partial charge in [0, 0.05) is 39.3 Å². The van der Waals surface area contributed by atoms with Crippen molar-refractivity contribution in [3.8, 4) is 5.75 Å². The van der Waals surface area contributed by atoms with E-state index in [1.165, 1.54) is 37.5 Å². The SMILES string of the molecule is COc1cc([N+](=O)[O-])ccc1NN=C1C(=O)C(C(=O)Nc2cccc3c(NC(=O)C4=Cc5ccccc5C(=NNc5cccc(Cl)c5Cl)C4=O)cccc23)=Cc2ccccc21. The van der Waals surface area contributed by atoms with Crippen LogP contribution in [0.2, 0.25) is 10.0 Å². The van der Waals surface area contributed by atoms with E-state index in [4.69, 9.17) is 27.9 Å². The fraction of sp³-hybridized carbons (Fsp3) is 0.0222. The third-order valence-electron chi connectivity index (χ3n) is 9.78. The topological polar surface area (TPSA) is 193 Å². The molecule has 0 atom stereocenters. The van der Waals surface area contributed by atoms with Crippen LogP contribution in [0.4, 0.5) is 28.4 Å². The largest absolute Gasteiger partial charge is 0.494 e. The zero-order valence-corrected chi connectivity index (χ0v) is 33.2. The number of carbonyl (C=O) groups excluding carboxylic acids is 4. The van der Waals surface area contributed by atoms with Crippen LogP contribution in [0, 0.1) is 10.1 Å². The van der Waals surface area contributed by atoms with Gasteiger partial charge in [0.2, 0.25) is 11.6 Å². The molecule has 6 aromatic rings. The highest BCUT2D eigenvalue weighted by Gasteiger charge is 2.32. The van der Waals surface area contributed by atoms with Crippen LogP contribution < -0.4 is 26.2 Å². The molecular formula is C45H29Cl2N7O7. The molecule has 8 rings (SSSR count). The second-order valence-corrected chi connectivity index (χ2v) is 14.2. The number of hydrogen-bond acceptors (Lipinski definition) is 11. The number of nitro benzene ring substituents is 1. The minimum Gasteiger partial charge on any atom is -0.494 e. The summed E-state index contributed by atoms with van der Waals surface area (Å²) in [5, 5.41) is 27.2. The lowest BCUT2D eigenvalue weighted by molar-refractivity contribution is -0.384. The van der Waals surface area contributed by atoms with Gasteiger partial charge >= 0.3 is 0 Å². The molecule has 300 valence electrons. The second kappa shape index (κ2) is 16.7. The minimum atomic E-state index is -0.724. The molecule has 0 aliphatic heterocycles. The first-order valence-corrected chi connectivity index (χ1v) is 19.1. The van der Waals surface area contributed by atoms with E-state index >= 15 is 0 Å². The molecule has 0 heterocycles. The van der Waals surface area contributed by atoms with Crippen molar-refractivity contribution in [2.75, 3.05) is 28.6 Å². The number of ketones is 2. The van der Waals surface area contributed by atoms with Crippen LogP contribution in [0.15, 0.2) is 143 Å². The van der Waals surface area contributed by atoms with Crippen LogP contribution in [0.5, 0.6) is 5.75 Å². The molecule has 4 N–H and O–H groups in total. The number of nitrogens with zero attached hydrogens (tertiary/aromatic N) is 3. The van der Waals surface area contributed by atoms with Crippen molar-refractivity contribution in [3.05, 3.63) is 175 Å². The molecular weight excluding hydrogens is 821 g/mol. The van der Waals surface area contributed by atoms with E-state index in [0.717, 1.165) is 0 Å². The number of anilines is 4. The highest BCUT2D eigenvalue weighted by atomic mass is 35.5. The Hall–Kier alpha value is -7.94. The predicted molar refractivity (Wildman–Crippen MR) is 236 cm³/mol. The Balaban J connectivity index is 1.05. The molecule has 6 aromatic carbocycles. The molecule has 0 radical (unpaired) electrons. The average Bonchev–Trinajstić information content (AvgIpc) is 3.26. The first-order valence-electron chi connectivity index (χ1n) is 18.3. The van der Waals surface area contributed by atoms with Gasteiger partial charge in [0.1, 0.15) is 11.4 Å². The molecule has 0 fully saturated rings. The Morgan fingerprint density at radius 2 is 1.11 bits per heavy atom. The van der Waals surface area contributed by atoms with Crippen LogP contribution in [-0.2, 0) is 19.2 Å². The predicted octanol–water partition coefficient (Wildman–Crippen LogP) is 8.91. The van der Waals surface area contributed by atoms with E-state index in [-0.39, 0.29) is 44.7 Å². The van der Waals surface area contributed by atoms with Crippen molar-refractivity contribution in [2.24, 2.45) is 10.2 Å². The fourth-order valence-electron chi connectivity index (χ4n) is 6.79. The lowest BCUT2D eigenvalue weighted by atomic mass is 9.89. The van der Waals surface area contributed by atoms with E-state index < -0.39 is 28.3 Å². The molecule has 0 spiro atoms. The summed E-state index contributed by atoms with van der Waals surface area (Å²) in [5.41, 5.74) is 8.33. The standard InChI is InChI=1S/C45H29Cl2N7O7/c1-61-38-23-26(54(59)60)19-20-36(38)50-52-40-27-11-4-2-9-24(27)21-31(42(40)55)44(57)48-34-16-6-14-30-29(34)13-7-17-35(30)49-45(58)32-22-25-10-3-5-12-28(25)41(43(32)56)53-51-37-18-8-15-33(46)39(37)47/h2-23,50-51H,1H3,(H,48,57)(H,49,58). The first kappa shape index (κ1) is 39.9. The summed E-state index contributed by atoms with van der Waals surface area (Å²) in [6, 6.07) is 32.9. The normalized spacial score (nSPS) is 14.4. The molecule has 2 aliphatic carbocycles.